The van der Waals surface area contributed by atoms with Crippen molar-refractivity contribution in [1.82, 2.24) is 0 Å². The maximum Gasteiger partial charge on any atom is 0.235 e. The molecule has 0 amide bonds. The molecule has 0 saturated heterocycles. The first kappa shape index (κ1) is 16.1. The van der Waals surface area contributed by atoms with Gasteiger partial charge in [-0.25, -0.2) is 0 Å². The molecule has 0 aromatic heterocycles. The molecule has 6 heteroatoms. The molecule has 1 aliphatic heterocycles. The number of ketones is 1. The maximum atomic E-state index is 12.7. The van der Waals surface area contributed by atoms with Crippen LogP contribution in [0.25, 0.3) is 11.1 Å². The molecule has 2 aromatic carbocycles. The van der Waals surface area contributed by atoms with E-state index in [-0.39, 0.29) is 22.8 Å². The van der Waals surface area contributed by atoms with Gasteiger partial charge < -0.3 is 10.5 Å². The average Bonchev–Trinajstić information content (AvgIpc) is 2.86. The SMILES string of the molecule is N#C/C(=C1/OC(N)=C(c2ccc(Cl)cc2)C1=O)c1ccc(Cl)cc1. The molecule has 3 rings (SSSR count). The molecule has 0 unspecified atom stereocenters. The highest BCUT2D eigenvalue weighted by Gasteiger charge is 2.33. The van der Waals surface area contributed by atoms with Gasteiger partial charge in [0.2, 0.25) is 11.7 Å². The van der Waals surface area contributed by atoms with Crippen molar-refractivity contribution in [2.45, 2.75) is 0 Å². The van der Waals surface area contributed by atoms with Crippen LogP contribution in [0.3, 0.4) is 0 Å². The van der Waals surface area contributed by atoms with Crippen molar-refractivity contribution in [3.8, 4) is 6.07 Å². The van der Waals surface area contributed by atoms with Gasteiger partial charge in [0.05, 0.1) is 5.57 Å². The number of carbonyl (C=O) groups excluding carboxylic acids is 1. The van der Waals surface area contributed by atoms with Crippen LogP contribution >= 0.6 is 23.2 Å². The van der Waals surface area contributed by atoms with Gasteiger partial charge in [-0.05, 0) is 35.4 Å². The molecule has 2 N–H and O–H groups in total. The Bertz CT molecular complexity index is 921. The van der Waals surface area contributed by atoms with Crippen LogP contribution in [0.4, 0.5) is 0 Å². The van der Waals surface area contributed by atoms with Gasteiger partial charge in [0.15, 0.2) is 5.76 Å². The average molecular weight is 357 g/mol. The molecule has 2 aromatic rings. The first-order chi connectivity index (χ1) is 11.5. The summed E-state index contributed by atoms with van der Waals surface area (Å²) in [5, 5.41) is 10.5. The Balaban J connectivity index is 2.06. The fourth-order valence-corrected chi connectivity index (χ4v) is 2.60. The zero-order valence-electron chi connectivity index (χ0n) is 12.2. The minimum Gasteiger partial charge on any atom is -0.435 e. The third-order valence-electron chi connectivity index (χ3n) is 3.50. The minimum absolute atomic E-state index is 0.0426. The van der Waals surface area contributed by atoms with E-state index in [0.717, 1.165) is 0 Å². The van der Waals surface area contributed by atoms with Crippen LogP contribution in [0.15, 0.2) is 60.2 Å². The third kappa shape index (κ3) is 2.88. The number of hydrogen-bond acceptors (Lipinski definition) is 4. The van der Waals surface area contributed by atoms with Gasteiger partial charge in [-0.15, -0.1) is 0 Å². The van der Waals surface area contributed by atoms with E-state index < -0.39 is 5.78 Å². The van der Waals surface area contributed by atoms with Crippen LogP contribution < -0.4 is 5.73 Å². The molecule has 0 aliphatic carbocycles. The molecule has 0 radical (unpaired) electrons. The largest absolute Gasteiger partial charge is 0.435 e. The number of allylic oxidation sites excluding steroid dienone is 2. The molecule has 1 heterocycles. The molecule has 118 valence electrons. The number of rotatable bonds is 2. The molecule has 0 fully saturated rings. The Morgan fingerprint density at radius 1 is 1.00 bits per heavy atom. The number of hydrogen-bond donors (Lipinski definition) is 1. The van der Waals surface area contributed by atoms with Crippen LogP contribution in [-0.2, 0) is 9.53 Å². The topological polar surface area (TPSA) is 76.1 Å². The molecule has 1 aliphatic rings. The lowest BCUT2D eigenvalue weighted by Gasteiger charge is -2.04. The number of carbonyl (C=O) groups is 1. The van der Waals surface area contributed by atoms with E-state index in [0.29, 0.717) is 21.2 Å². The lowest BCUT2D eigenvalue weighted by Crippen LogP contribution is -2.02. The summed E-state index contributed by atoms with van der Waals surface area (Å²) < 4.78 is 5.41. The van der Waals surface area contributed by atoms with E-state index in [2.05, 4.69) is 0 Å². The zero-order valence-corrected chi connectivity index (χ0v) is 13.7. The first-order valence-electron chi connectivity index (χ1n) is 6.90. The Morgan fingerprint density at radius 2 is 1.54 bits per heavy atom. The Hall–Kier alpha value is -2.74. The predicted octanol–water partition coefficient (Wildman–Crippen LogP) is 4.15. The van der Waals surface area contributed by atoms with E-state index in [1.807, 2.05) is 6.07 Å². The summed E-state index contributed by atoms with van der Waals surface area (Å²) in [6.07, 6.45) is 0. The number of benzene rings is 2. The Morgan fingerprint density at radius 3 is 2.08 bits per heavy atom. The van der Waals surface area contributed by atoms with E-state index in [1.54, 1.807) is 48.5 Å². The number of nitriles is 1. The second kappa shape index (κ2) is 6.40. The van der Waals surface area contributed by atoms with Gasteiger partial charge in [-0.2, -0.15) is 5.26 Å². The van der Waals surface area contributed by atoms with E-state index in [9.17, 15) is 10.1 Å². The Kier molecular flexibility index (Phi) is 4.30. The van der Waals surface area contributed by atoms with Crippen LogP contribution in [0, 0.1) is 11.3 Å². The van der Waals surface area contributed by atoms with Crippen molar-refractivity contribution in [3.05, 3.63) is 81.3 Å². The van der Waals surface area contributed by atoms with Crippen molar-refractivity contribution < 1.29 is 9.53 Å². The van der Waals surface area contributed by atoms with Crippen LogP contribution in [-0.4, -0.2) is 5.78 Å². The van der Waals surface area contributed by atoms with Gasteiger partial charge in [-0.1, -0.05) is 47.5 Å². The molecule has 24 heavy (non-hydrogen) atoms. The van der Waals surface area contributed by atoms with Gasteiger partial charge in [0, 0.05) is 10.0 Å². The van der Waals surface area contributed by atoms with Crippen molar-refractivity contribution in [2.24, 2.45) is 5.73 Å². The quantitative estimate of drug-likeness (QED) is 0.647. The molecule has 4 nitrogen and oxygen atoms in total. The van der Waals surface area contributed by atoms with Gasteiger partial charge >= 0.3 is 0 Å². The summed E-state index contributed by atoms with van der Waals surface area (Å²) in [4.78, 5) is 12.7. The molecular weight excluding hydrogens is 347 g/mol. The fourth-order valence-electron chi connectivity index (χ4n) is 2.35. The molecule has 0 saturated carbocycles. The van der Waals surface area contributed by atoms with Crippen molar-refractivity contribution in [2.75, 3.05) is 0 Å². The highest BCUT2D eigenvalue weighted by molar-refractivity contribution is 6.33. The first-order valence-corrected chi connectivity index (χ1v) is 7.65. The number of halogens is 2. The summed E-state index contributed by atoms with van der Waals surface area (Å²) in [5.74, 6) is -0.581. The lowest BCUT2D eigenvalue weighted by atomic mass is 9.98. The zero-order chi connectivity index (χ0) is 17.3. The fraction of sp³-hybridized carbons (Fsp3) is 0. The third-order valence-corrected chi connectivity index (χ3v) is 4.00. The summed E-state index contributed by atoms with van der Waals surface area (Å²) in [6.45, 7) is 0. The second-order valence-corrected chi connectivity index (χ2v) is 5.87. The smallest absolute Gasteiger partial charge is 0.235 e. The summed E-state index contributed by atoms with van der Waals surface area (Å²) in [5.41, 5.74) is 7.27. The van der Waals surface area contributed by atoms with E-state index >= 15 is 0 Å². The number of ether oxygens (including phenoxy) is 1. The standard InChI is InChI=1S/C18H10Cl2N2O2/c19-12-5-1-10(2-6-12)14(9-21)17-16(23)15(18(22)24-17)11-3-7-13(20)8-4-11/h1-8H,22H2/b17-14-. The van der Waals surface area contributed by atoms with Gasteiger partial charge in [0.25, 0.3) is 0 Å². The van der Waals surface area contributed by atoms with E-state index in [1.165, 1.54) is 0 Å². The molecule has 0 atom stereocenters. The minimum atomic E-state index is -0.443. The predicted molar refractivity (Wildman–Crippen MR) is 92.6 cm³/mol. The Labute approximate surface area is 148 Å². The summed E-state index contributed by atoms with van der Waals surface area (Å²) in [7, 11) is 0. The number of nitrogens with two attached hydrogens (primary N) is 1. The van der Waals surface area contributed by atoms with Crippen LogP contribution in [0.2, 0.25) is 10.0 Å². The maximum absolute atomic E-state index is 12.7. The summed E-state index contributed by atoms with van der Waals surface area (Å²) >= 11 is 11.7. The monoisotopic (exact) mass is 356 g/mol. The number of nitrogens with zero attached hydrogens (tertiary/aromatic N) is 1. The van der Waals surface area contributed by atoms with Gasteiger partial charge in [-0.3, -0.25) is 4.79 Å². The van der Waals surface area contributed by atoms with E-state index in [4.69, 9.17) is 33.7 Å². The highest BCUT2D eigenvalue weighted by Crippen LogP contribution is 2.34. The van der Waals surface area contributed by atoms with Crippen LogP contribution in [0.5, 0.6) is 0 Å². The summed E-state index contributed by atoms with van der Waals surface area (Å²) in [6, 6.07) is 15.2. The molecule has 0 spiro atoms. The van der Waals surface area contributed by atoms with Crippen LogP contribution in [0.1, 0.15) is 11.1 Å². The normalized spacial score (nSPS) is 16.0. The molecule has 0 bridgehead atoms. The van der Waals surface area contributed by atoms with Gasteiger partial charge in [0.1, 0.15) is 11.6 Å². The lowest BCUT2D eigenvalue weighted by molar-refractivity contribution is -0.111. The second-order valence-electron chi connectivity index (χ2n) is 5.00. The van der Waals surface area contributed by atoms with Crippen molar-refractivity contribution in [1.29, 1.82) is 5.26 Å². The number of Topliss-reactive ketones (excluding diaryl/α,β-unsaturated/α-hetero) is 1. The highest BCUT2D eigenvalue weighted by atomic mass is 35.5. The van der Waals surface area contributed by atoms with Crippen molar-refractivity contribution >= 4 is 40.1 Å². The van der Waals surface area contributed by atoms with Crippen molar-refractivity contribution in [3.63, 3.8) is 0 Å². The molecular formula is C18H10Cl2N2O2.